The van der Waals surface area contributed by atoms with Crippen molar-refractivity contribution in [1.29, 1.82) is 0 Å². The molecule has 1 amide bonds. The fraction of sp³-hybridized carbons (Fsp3) is 0.611. The van der Waals surface area contributed by atoms with Gasteiger partial charge in [-0.3, -0.25) is 4.79 Å². The molecule has 0 spiro atoms. The molecule has 1 aliphatic rings. The van der Waals surface area contributed by atoms with Crippen LogP contribution in [0.3, 0.4) is 0 Å². The summed E-state index contributed by atoms with van der Waals surface area (Å²) in [6.07, 6.45) is 0. The summed E-state index contributed by atoms with van der Waals surface area (Å²) in [4.78, 5) is 18.7. The second kappa shape index (κ2) is 8.51. The quantitative estimate of drug-likeness (QED) is 0.612. The highest BCUT2D eigenvalue weighted by molar-refractivity contribution is 5.97. The molecular weight excluding hydrogens is 322 g/mol. The van der Waals surface area contributed by atoms with Gasteiger partial charge in [0.05, 0.1) is 5.56 Å². The van der Waals surface area contributed by atoms with Gasteiger partial charge in [-0.2, -0.15) is 0 Å². The zero-order chi connectivity index (χ0) is 18.6. The van der Waals surface area contributed by atoms with E-state index in [0.717, 1.165) is 19.6 Å². The number of likely N-dealkylation sites (N-methyl/N-ethyl adjacent to an activating group) is 2. The Hall–Kier alpha value is -1.83. The van der Waals surface area contributed by atoms with Crippen LogP contribution in [-0.4, -0.2) is 96.4 Å². The Bertz CT molecular complexity index is 594. The number of hydrogen-bond acceptors (Lipinski definition) is 6. The molecule has 7 nitrogen and oxygen atoms in total. The van der Waals surface area contributed by atoms with Crippen LogP contribution < -0.4 is 0 Å². The van der Waals surface area contributed by atoms with Gasteiger partial charge in [0.1, 0.15) is 0 Å². The standard InChI is InChI=1S/C18H29N3O4/c1-19(2)7-8-20(3)9-13-10-21(11-14(13)12-22)18(25)15-5-4-6-16(23)17(15)24/h4-6,13-14,22-24H,7-12H2,1-3H3/t13-,14-/m1/s1. The number of aliphatic hydroxyl groups is 1. The Kier molecular flexibility index (Phi) is 6.64. The van der Waals surface area contributed by atoms with E-state index in [1.807, 2.05) is 21.1 Å². The highest BCUT2D eigenvalue weighted by atomic mass is 16.3. The smallest absolute Gasteiger partial charge is 0.257 e. The van der Waals surface area contributed by atoms with Gasteiger partial charge in [0, 0.05) is 45.2 Å². The molecule has 0 radical (unpaired) electrons. The van der Waals surface area contributed by atoms with E-state index in [9.17, 15) is 20.1 Å². The predicted molar refractivity (Wildman–Crippen MR) is 95.8 cm³/mol. The normalized spacial score (nSPS) is 20.6. The molecule has 3 N–H and O–H groups in total. The number of hydrogen-bond donors (Lipinski definition) is 3. The van der Waals surface area contributed by atoms with E-state index >= 15 is 0 Å². The zero-order valence-corrected chi connectivity index (χ0v) is 15.2. The third-order valence-electron chi connectivity index (χ3n) is 4.82. The second-order valence-corrected chi connectivity index (χ2v) is 7.15. The van der Waals surface area contributed by atoms with Gasteiger partial charge in [-0.1, -0.05) is 6.07 Å². The molecule has 25 heavy (non-hydrogen) atoms. The molecule has 1 aliphatic heterocycles. The summed E-state index contributed by atoms with van der Waals surface area (Å²) in [6, 6.07) is 4.38. The summed E-state index contributed by atoms with van der Waals surface area (Å²) < 4.78 is 0. The fourth-order valence-corrected chi connectivity index (χ4v) is 3.25. The van der Waals surface area contributed by atoms with E-state index in [0.29, 0.717) is 13.1 Å². The van der Waals surface area contributed by atoms with Crippen LogP contribution in [0.5, 0.6) is 11.5 Å². The lowest BCUT2D eigenvalue weighted by Crippen LogP contribution is -2.35. The van der Waals surface area contributed by atoms with Crippen molar-refractivity contribution in [2.24, 2.45) is 11.8 Å². The first-order chi connectivity index (χ1) is 11.8. The van der Waals surface area contributed by atoms with Crippen molar-refractivity contribution in [2.45, 2.75) is 0 Å². The van der Waals surface area contributed by atoms with Gasteiger partial charge in [-0.15, -0.1) is 0 Å². The Morgan fingerprint density at radius 2 is 1.84 bits per heavy atom. The highest BCUT2D eigenvalue weighted by Crippen LogP contribution is 2.32. The third-order valence-corrected chi connectivity index (χ3v) is 4.82. The minimum Gasteiger partial charge on any atom is -0.504 e. The minimum atomic E-state index is -0.389. The molecule has 1 aromatic rings. The first kappa shape index (κ1) is 19.5. The van der Waals surface area contributed by atoms with Gasteiger partial charge >= 0.3 is 0 Å². The number of carbonyl (C=O) groups excluding carboxylic acids is 1. The lowest BCUT2D eigenvalue weighted by atomic mass is 9.96. The number of rotatable bonds is 7. The lowest BCUT2D eigenvalue weighted by molar-refractivity contribution is 0.0775. The van der Waals surface area contributed by atoms with Crippen LogP contribution in [0.4, 0.5) is 0 Å². The van der Waals surface area contributed by atoms with Crippen LogP contribution in [-0.2, 0) is 0 Å². The molecule has 2 atom stereocenters. The number of phenolic OH excluding ortho intramolecular Hbond substituents is 2. The van der Waals surface area contributed by atoms with Gasteiger partial charge in [0.2, 0.25) is 0 Å². The van der Waals surface area contributed by atoms with E-state index in [4.69, 9.17) is 0 Å². The first-order valence-electron chi connectivity index (χ1n) is 8.57. The van der Waals surface area contributed by atoms with Gasteiger partial charge in [0.25, 0.3) is 5.91 Å². The summed E-state index contributed by atoms with van der Waals surface area (Å²) in [5, 5.41) is 29.2. The Balaban J connectivity index is 2.02. The Morgan fingerprint density at radius 3 is 2.48 bits per heavy atom. The molecule has 0 bridgehead atoms. The molecule has 140 valence electrons. The van der Waals surface area contributed by atoms with Crippen molar-refractivity contribution in [3.63, 3.8) is 0 Å². The number of aromatic hydroxyl groups is 2. The van der Waals surface area contributed by atoms with Gasteiger partial charge in [0.15, 0.2) is 11.5 Å². The van der Waals surface area contributed by atoms with E-state index in [2.05, 4.69) is 9.80 Å². The maximum atomic E-state index is 12.7. The zero-order valence-electron chi connectivity index (χ0n) is 15.2. The fourth-order valence-electron chi connectivity index (χ4n) is 3.25. The number of likely N-dealkylation sites (tertiary alicyclic amines) is 1. The van der Waals surface area contributed by atoms with E-state index in [1.165, 1.54) is 18.2 Å². The number of aliphatic hydroxyl groups excluding tert-OH is 1. The molecule has 2 rings (SSSR count). The van der Waals surface area contributed by atoms with Crippen LogP contribution in [0, 0.1) is 11.8 Å². The minimum absolute atomic E-state index is 0.0187. The van der Waals surface area contributed by atoms with Crippen LogP contribution in [0.15, 0.2) is 18.2 Å². The summed E-state index contributed by atoms with van der Waals surface area (Å²) in [5.74, 6) is -0.806. The second-order valence-electron chi connectivity index (χ2n) is 7.15. The van der Waals surface area contributed by atoms with Crippen LogP contribution >= 0.6 is 0 Å². The molecule has 1 heterocycles. The Morgan fingerprint density at radius 1 is 1.16 bits per heavy atom. The van der Waals surface area contributed by atoms with Gasteiger partial charge < -0.3 is 30.0 Å². The number of carbonyl (C=O) groups is 1. The monoisotopic (exact) mass is 351 g/mol. The molecular formula is C18H29N3O4. The molecule has 1 fully saturated rings. The van der Waals surface area contributed by atoms with Crippen LogP contribution in [0.25, 0.3) is 0 Å². The summed E-state index contributed by atoms with van der Waals surface area (Å²) in [6.45, 7) is 3.69. The largest absolute Gasteiger partial charge is 0.504 e. The van der Waals surface area contributed by atoms with Crippen molar-refractivity contribution in [2.75, 3.05) is 60.5 Å². The predicted octanol–water partition coefficient (Wildman–Crippen LogP) is 0.272. The first-order valence-corrected chi connectivity index (χ1v) is 8.57. The molecule has 1 saturated heterocycles. The van der Waals surface area contributed by atoms with Crippen molar-refractivity contribution in [1.82, 2.24) is 14.7 Å². The van der Waals surface area contributed by atoms with E-state index < -0.39 is 0 Å². The van der Waals surface area contributed by atoms with Crippen molar-refractivity contribution < 1.29 is 20.1 Å². The van der Waals surface area contributed by atoms with Crippen molar-refractivity contribution in [3.8, 4) is 11.5 Å². The van der Waals surface area contributed by atoms with E-state index in [1.54, 1.807) is 4.90 Å². The number of nitrogens with zero attached hydrogens (tertiary/aromatic N) is 3. The number of benzene rings is 1. The van der Waals surface area contributed by atoms with Gasteiger partial charge in [-0.05, 0) is 39.2 Å². The average Bonchev–Trinajstić information content (AvgIpc) is 2.97. The average molecular weight is 351 g/mol. The lowest BCUT2D eigenvalue weighted by Gasteiger charge is -2.25. The summed E-state index contributed by atoms with van der Waals surface area (Å²) in [7, 11) is 6.10. The molecule has 0 aliphatic carbocycles. The van der Waals surface area contributed by atoms with Crippen LogP contribution in [0.2, 0.25) is 0 Å². The number of amides is 1. The molecule has 7 heteroatoms. The van der Waals surface area contributed by atoms with Crippen LogP contribution in [0.1, 0.15) is 10.4 Å². The van der Waals surface area contributed by atoms with E-state index in [-0.39, 0.29) is 41.4 Å². The topological polar surface area (TPSA) is 87.5 Å². The number of phenols is 2. The Labute approximate surface area is 149 Å². The summed E-state index contributed by atoms with van der Waals surface area (Å²) in [5.41, 5.74) is 0.0957. The number of para-hydroxylation sites is 1. The molecule has 0 aromatic heterocycles. The molecule has 1 aromatic carbocycles. The van der Waals surface area contributed by atoms with Gasteiger partial charge in [-0.25, -0.2) is 0 Å². The highest BCUT2D eigenvalue weighted by Gasteiger charge is 2.36. The molecule has 0 saturated carbocycles. The summed E-state index contributed by atoms with van der Waals surface area (Å²) >= 11 is 0. The third kappa shape index (κ3) is 4.84. The van der Waals surface area contributed by atoms with Crippen molar-refractivity contribution >= 4 is 5.91 Å². The van der Waals surface area contributed by atoms with Crippen molar-refractivity contribution in [3.05, 3.63) is 23.8 Å². The molecule has 0 unspecified atom stereocenters. The maximum absolute atomic E-state index is 12.7. The maximum Gasteiger partial charge on any atom is 0.257 e. The SMILES string of the molecule is CN(C)CCN(C)C[C@@H]1CN(C(=O)c2cccc(O)c2O)C[C@@H]1CO.